The molecule has 0 spiro atoms. The van der Waals surface area contributed by atoms with Crippen LogP contribution in [0.5, 0.6) is 0 Å². The molecule has 0 radical (unpaired) electrons. The van der Waals surface area contributed by atoms with E-state index < -0.39 is 0 Å². The van der Waals surface area contributed by atoms with Crippen LogP contribution in [0, 0.1) is 5.92 Å². The Hall–Kier alpha value is -1.10. The van der Waals surface area contributed by atoms with Crippen molar-refractivity contribution < 1.29 is 9.53 Å². The van der Waals surface area contributed by atoms with Crippen LogP contribution in [0.4, 0.5) is 0 Å². The molecule has 4 nitrogen and oxygen atoms in total. The summed E-state index contributed by atoms with van der Waals surface area (Å²) in [6, 6.07) is 7.85. The van der Waals surface area contributed by atoms with E-state index in [1.165, 1.54) is 12.8 Å². The first-order valence-electron chi connectivity index (χ1n) is 9.03. The van der Waals surface area contributed by atoms with E-state index in [4.69, 9.17) is 16.3 Å². The fourth-order valence-corrected chi connectivity index (χ4v) is 3.94. The van der Waals surface area contributed by atoms with Crippen LogP contribution in [-0.2, 0) is 15.1 Å². The first-order valence-corrected chi connectivity index (χ1v) is 9.41. The van der Waals surface area contributed by atoms with Gasteiger partial charge in [-0.1, -0.05) is 23.7 Å². The lowest BCUT2D eigenvalue weighted by molar-refractivity contribution is -0.124. The predicted molar refractivity (Wildman–Crippen MR) is 96.2 cm³/mol. The van der Waals surface area contributed by atoms with Crippen molar-refractivity contribution in [3.63, 3.8) is 0 Å². The van der Waals surface area contributed by atoms with E-state index in [2.05, 4.69) is 10.6 Å². The Morgan fingerprint density at radius 1 is 1.21 bits per heavy atom. The van der Waals surface area contributed by atoms with Gasteiger partial charge in [0, 0.05) is 24.7 Å². The van der Waals surface area contributed by atoms with Crippen molar-refractivity contribution in [2.24, 2.45) is 5.92 Å². The SMILES string of the molecule is O=C(CCC1CCNCC1)NC1(c2ccc(Cl)cc2)CCOCC1. The quantitative estimate of drug-likeness (QED) is 0.857. The third-order valence-corrected chi connectivity index (χ3v) is 5.61. The van der Waals surface area contributed by atoms with Crippen LogP contribution < -0.4 is 10.6 Å². The van der Waals surface area contributed by atoms with Crippen molar-refractivity contribution in [1.29, 1.82) is 0 Å². The number of hydrogen-bond acceptors (Lipinski definition) is 3. The normalized spacial score (nSPS) is 21.4. The van der Waals surface area contributed by atoms with Crippen molar-refractivity contribution in [3.05, 3.63) is 34.9 Å². The van der Waals surface area contributed by atoms with Gasteiger partial charge in [0.05, 0.1) is 5.54 Å². The van der Waals surface area contributed by atoms with Crippen LogP contribution >= 0.6 is 11.6 Å². The summed E-state index contributed by atoms with van der Waals surface area (Å²) in [6.45, 7) is 3.52. The van der Waals surface area contributed by atoms with Crippen molar-refractivity contribution in [2.75, 3.05) is 26.3 Å². The van der Waals surface area contributed by atoms with Crippen molar-refractivity contribution >= 4 is 17.5 Å². The van der Waals surface area contributed by atoms with Gasteiger partial charge >= 0.3 is 0 Å². The highest BCUT2D eigenvalue weighted by Gasteiger charge is 2.35. The van der Waals surface area contributed by atoms with Gasteiger partial charge in [-0.15, -0.1) is 0 Å². The molecule has 2 heterocycles. The maximum atomic E-state index is 12.6. The molecular weight excluding hydrogens is 324 g/mol. The molecule has 5 heteroatoms. The van der Waals surface area contributed by atoms with E-state index in [9.17, 15) is 4.79 Å². The highest BCUT2D eigenvalue weighted by atomic mass is 35.5. The first kappa shape index (κ1) is 17.7. The summed E-state index contributed by atoms with van der Waals surface area (Å²) in [7, 11) is 0. The van der Waals surface area contributed by atoms with E-state index in [1.54, 1.807) is 0 Å². The highest BCUT2D eigenvalue weighted by molar-refractivity contribution is 6.30. The number of ether oxygens (including phenoxy) is 1. The second-order valence-corrected chi connectivity index (χ2v) is 7.42. The van der Waals surface area contributed by atoms with E-state index in [0.717, 1.165) is 42.9 Å². The zero-order valence-electron chi connectivity index (χ0n) is 14.2. The maximum Gasteiger partial charge on any atom is 0.220 e. The lowest BCUT2D eigenvalue weighted by Gasteiger charge is -2.38. The Labute approximate surface area is 149 Å². The summed E-state index contributed by atoms with van der Waals surface area (Å²) in [6.07, 6.45) is 5.59. The average Bonchev–Trinajstić information content (AvgIpc) is 2.62. The minimum Gasteiger partial charge on any atom is -0.381 e. The third-order valence-electron chi connectivity index (χ3n) is 5.36. The monoisotopic (exact) mass is 350 g/mol. The molecular formula is C19H27ClN2O2. The standard InChI is InChI=1S/C19H27ClN2O2/c20-17-4-2-16(3-5-17)19(9-13-24-14-10-19)22-18(23)6-1-15-7-11-21-12-8-15/h2-5,15,21H,1,6-14H2,(H,22,23). The minimum absolute atomic E-state index is 0.158. The number of benzene rings is 1. The molecule has 2 saturated heterocycles. The Kier molecular flexibility index (Phi) is 6.14. The van der Waals surface area contributed by atoms with E-state index in [1.807, 2.05) is 24.3 Å². The largest absolute Gasteiger partial charge is 0.381 e. The van der Waals surface area contributed by atoms with Gasteiger partial charge in [-0.05, 0) is 68.8 Å². The van der Waals surface area contributed by atoms with Gasteiger partial charge in [0.15, 0.2) is 0 Å². The Balaban J connectivity index is 1.63. The summed E-state index contributed by atoms with van der Waals surface area (Å²) in [4.78, 5) is 12.6. The molecule has 0 unspecified atom stereocenters. The number of hydrogen-bond donors (Lipinski definition) is 2. The number of carbonyl (C=O) groups is 1. The average molecular weight is 351 g/mol. The molecule has 0 aliphatic carbocycles. The molecule has 132 valence electrons. The topological polar surface area (TPSA) is 50.4 Å². The van der Waals surface area contributed by atoms with Crippen LogP contribution in [0.2, 0.25) is 5.02 Å². The lowest BCUT2D eigenvalue weighted by Crippen LogP contribution is -2.49. The molecule has 2 aliphatic rings. The van der Waals surface area contributed by atoms with Crippen LogP contribution in [0.3, 0.4) is 0 Å². The molecule has 2 fully saturated rings. The predicted octanol–water partition coefficient (Wildman–Crippen LogP) is 3.24. The first-order chi connectivity index (χ1) is 11.7. The van der Waals surface area contributed by atoms with Gasteiger partial charge in [-0.25, -0.2) is 0 Å². The summed E-state index contributed by atoms with van der Waals surface area (Å²) in [5.41, 5.74) is 0.819. The summed E-state index contributed by atoms with van der Waals surface area (Å²) in [5.74, 6) is 0.837. The van der Waals surface area contributed by atoms with E-state index in [0.29, 0.717) is 25.6 Å². The van der Waals surface area contributed by atoms with Crippen LogP contribution in [-0.4, -0.2) is 32.2 Å². The zero-order valence-corrected chi connectivity index (χ0v) is 14.9. The molecule has 0 atom stereocenters. The summed E-state index contributed by atoms with van der Waals surface area (Å²) < 4.78 is 5.52. The van der Waals surface area contributed by atoms with E-state index in [-0.39, 0.29) is 11.4 Å². The van der Waals surface area contributed by atoms with Gasteiger partial charge in [0.1, 0.15) is 0 Å². The second kappa shape index (κ2) is 8.32. The molecule has 0 saturated carbocycles. The maximum absolute atomic E-state index is 12.6. The van der Waals surface area contributed by atoms with Crippen molar-refractivity contribution in [2.45, 2.75) is 44.1 Å². The number of carbonyl (C=O) groups excluding carboxylic acids is 1. The molecule has 1 aromatic rings. The molecule has 2 aliphatic heterocycles. The van der Waals surface area contributed by atoms with Gasteiger partial charge in [-0.2, -0.15) is 0 Å². The Morgan fingerprint density at radius 3 is 2.54 bits per heavy atom. The van der Waals surface area contributed by atoms with Gasteiger partial charge < -0.3 is 15.4 Å². The van der Waals surface area contributed by atoms with Crippen LogP contribution in [0.1, 0.15) is 44.1 Å². The summed E-state index contributed by atoms with van der Waals surface area (Å²) >= 11 is 6.02. The number of piperidine rings is 1. The highest BCUT2D eigenvalue weighted by Crippen LogP contribution is 2.33. The number of rotatable bonds is 5. The van der Waals surface area contributed by atoms with Crippen LogP contribution in [0.15, 0.2) is 24.3 Å². The van der Waals surface area contributed by atoms with Crippen LogP contribution in [0.25, 0.3) is 0 Å². The third kappa shape index (κ3) is 4.50. The zero-order chi connectivity index (χ0) is 16.8. The molecule has 3 rings (SSSR count). The number of nitrogens with one attached hydrogen (secondary N) is 2. The fourth-order valence-electron chi connectivity index (χ4n) is 3.81. The summed E-state index contributed by atoms with van der Waals surface area (Å²) in [5, 5.41) is 7.43. The fraction of sp³-hybridized carbons (Fsp3) is 0.632. The smallest absolute Gasteiger partial charge is 0.220 e. The van der Waals surface area contributed by atoms with Gasteiger partial charge in [-0.3, -0.25) is 4.79 Å². The van der Waals surface area contributed by atoms with Crippen molar-refractivity contribution in [3.8, 4) is 0 Å². The number of amides is 1. The second-order valence-electron chi connectivity index (χ2n) is 6.98. The molecule has 1 amide bonds. The lowest BCUT2D eigenvalue weighted by atomic mass is 9.82. The van der Waals surface area contributed by atoms with E-state index >= 15 is 0 Å². The molecule has 1 aromatic carbocycles. The minimum atomic E-state index is -0.311. The molecule has 24 heavy (non-hydrogen) atoms. The Morgan fingerprint density at radius 2 is 1.88 bits per heavy atom. The molecule has 0 aromatic heterocycles. The number of halogens is 1. The van der Waals surface area contributed by atoms with Gasteiger partial charge in [0.2, 0.25) is 5.91 Å². The Bertz CT molecular complexity index is 535. The molecule has 0 bridgehead atoms. The van der Waals surface area contributed by atoms with Crippen molar-refractivity contribution in [1.82, 2.24) is 10.6 Å². The van der Waals surface area contributed by atoms with Gasteiger partial charge in [0.25, 0.3) is 0 Å². The molecule has 2 N–H and O–H groups in total.